The summed E-state index contributed by atoms with van der Waals surface area (Å²) in [5.74, 6) is 0. The quantitative estimate of drug-likeness (QED) is 0.753. The monoisotopic (exact) mass is 202 g/mol. The van der Waals surface area contributed by atoms with Crippen molar-refractivity contribution in [1.29, 1.82) is 5.26 Å². The molecule has 0 atom stereocenters. The van der Waals surface area contributed by atoms with Crippen molar-refractivity contribution < 1.29 is 0 Å². The first-order valence-corrected chi connectivity index (χ1v) is 5.11. The normalized spacial score (nSPS) is 11.5. The molecule has 0 saturated heterocycles. The number of nitrogens with zero attached hydrogens (tertiary/aromatic N) is 2. The Bertz CT molecular complexity index is 372. The van der Waals surface area contributed by atoms with Crippen molar-refractivity contribution in [3.63, 3.8) is 0 Å². The fourth-order valence-electron chi connectivity index (χ4n) is 1.49. The van der Waals surface area contributed by atoms with Gasteiger partial charge in [0.15, 0.2) is 0 Å². The van der Waals surface area contributed by atoms with Crippen molar-refractivity contribution >= 4 is 0 Å². The number of benzene rings is 1. The molecule has 0 bridgehead atoms. The van der Waals surface area contributed by atoms with Crippen LogP contribution < -0.4 is 0 Å². The van der Waals surface area contributed by atoms with Crippen LogP contribution in [0.4, 0.5) is 0 Å². The van der Waals surface area contributed by atoms with Gasteiger partial charge in [-0.1, -0.05) is 24.3 Å². The maximum Gasteiger partial charge on any atom is 0.0766 e. The van der Waals surface area contributed by atoms with Gasteiger partial charge in [0.2, 0.25) is 0 Å². The van der Waals surface area contributed by atoms with Gasteiger partial charge in [-0.05, 0) is 39.1 Å². The minimum atomic E-state index is -0.400. The van der Waals surface area contributed by atoms with Gasteiger partial charge in [0, 0.05) is 6.54 Å². The first-order chi connectivity index (χ1) is 6.95. The molecule has 2 nitrogen and oxygen atoms in total. The highest BCUT2D eigenvalue weighted by Gasteiger charge is 2.19. The van der Waals surface area contributed by atoms with E-state index in [1.165, 1.54) is 5.56 Å². The zero-order valence-corrected chi connectivity index (χ0v) is 9.91. The summed E-state index contributed by atoms with van der Waals surface area (Å²) in [6.45, 7) is 4.80. The van der Waals surface area contributed by atoms with Gasteiger partial charge in [0.05, 0.1) is 11.5 Å². The highest BCUT2D eigenvalue weighted by atomic mass is 15.0. The molecule has 0 spiro atoms. The lowest BCUT2D eigenvalue weighted by atomic mass is 9.85. The third-order valence-corrected chi connectivity index (χ3v) is 2.43. The molecule has 1 aromatic rings. The molecule has 0 aliphatic heterocycles. The molecule has 0 saturated carbocycles. The summed E-state index contributed by atoms with van der Waals surface area (Å²) < 4.78 is 0. The van der Waals surface area contributed by atoms with E-state index in [2.05, 4.69) is 23.1 Å². The lowest BCUT2D eigenvalue weighted by Gasteiger charge is -2.17. The van der Waals surface area contributed by atoms with Crippen LogP contribution in [0.5, 0.6) is 0 Å². The predicted molar refractivity (Wildman–Crippen MR) is 62.5 cm³/mol. The molecule has 0 aromatic heterocycles. The van der Waals surface area contributed by atoms with Gasteiger partial charge >= 0.3 is 0 Å². The Morgan fingerprint density at radius 1 is 1.33 bits per heavy atom. The SMILES string of the molecule is CN(C)Cc1cccc(C(C)(C)C#N)c1. The average molecular weight is 202 g/mol. The van der Waals surface area contributed by atoms with E-state index >= 15 is 0 Å². The maximum absolute atomic E-state index is 9.06. The molecule has 0 fully saturated rings. The van der Waals surface area contributed by atoms with E-state index < -0.39 is 5.41 Å². The fourth-order valence-corrected chi connectivity index (χ4v) is 1.49. The molecular weight excluding hydrogens is 184 g/mol. The molecule has 0 unspecified atom stereocenters. The number of nitriles is 1. The van der Waals surface area contributed by atoms with Crippen LogP contribution in [0.15, 0.2) is 24.3 Å². The lowest BCUT2D eigenvalue weighted by Crippen LogP contribution is -2.15. The Hall–Kier alpha value is -1.33. The van der Waals surface area contributed by atoms with Gasteiger partial charge < -0.3 is 4.90 Å². The van der Waals surface area contributed by atoms with E-state index in [1.807, 2.05) is 40.1 Å². The minimum absolute atomic E-state index is 0.400. The third kappa shape index (κ3) is 3.07. The predicted octanol–water partition coefficient (Wildman–Crippen LogP) is 2.55. The van der Waals surface area contributed by atoms with E-state index in [9.17, 15) is 0 Å². The van der Waals surface area contributed by atoms with E-state index in [1.54, 1.807) is 0 Å². The highest BCUT2D eigenvalue weighted by molar-refractivity contribution is 5.33. The molecule has 0 radical (unpaired) electrons. The molecule has 15 heavy (non-hydrogen) atoms. The zero-order valence-electron chi connectivity index (χ0n) is 9.91. The Kier molecular flexibility index (Phi) is 3.49. The second-order valence-electron chi connectivity index (χ2n) is 4.67. The van der Waals surface area contributed by atoms with Crippen molar-refractivity contribution in [2.24, 2.45) is 0 Å². The van der Waals surface area contributed by atoms with Crippen LogP contribution in [0.25, 0.3) is 0 Å². The van der Waals surface area contributed by atoms with Crippen molar-refractivity contribution in [1.82, 2.24) is 4.90 Å². The van der Waals surface area contributed by atoms with Crippen molar-refractivity contribution in [3.05, 3.63) is 35.4 Å². The maximum atomic E-state index is 9.06. The zero-order chi connectivity index (χ0) is 11.5. The summed E-state index contributed by atoms with van der Waals surface area (Å²) in [6.07, 6.45) is 0. The molecular formula is C13H18N2. The van der Waals surface area contributed by atoms with E-state index in [0.29, 0.717) is 0 Å². The topological polar surface area (TPSA) is 27.0 Å². The molecule has 1 aromatic carbocycles. The van der Waals surface area contributed by atoms with Crippen LogP contribution in [0.2, 0.25) is 0 Å². The first-order valence-electron chi connectivity index (χ1n) is 5.11. The molecule has 80 valence electrons. The van der Waals surface area contributed by atoms with E-state index in [0.717, 1.165) is 12.1 Å². The Morgan fingerprint density at radius 3 is 2.53 bits per heavy atom. The van der Waals surface area contributed by atoms with Gasteiger partial charge in [0.25, 0.3) is 0 Å². The van der Waals surface area contributed by atoms with Gasteiger partial charge in [0.1, 0.15) is 0 Å². The second-order valence-corrected chi connectivity index (χ2v) is 4.67. The highest BCUT2D eigenvalue weighted by Crippen LogP contribution is 2.23. The van der Waals surface area contributed by atoms with Crippen LogP contribution in [0, 0.1) is 11.3 Å². The Labute approximate surface area is 92.1 Å². The van der Waals surface area contributed by atoms with Crippen LogP contribution in [0.1, 0.15) is 25.0 Å². The van der Waals surface area contributed by atoms with Crippen LogP contribution in [-0.4, -0.2) is 19.0 Å². The van der Waals surface area contributed by atoms with Crippen LogP contribution in [0.3, 0.4) is 0 Å². The number of hydrogen-bond donors (Lipinski definition) is 0. The fraction of sp³-hybridized carbons (Fsp3) is 0.462. The number of hydrogen-bond acceptors (Lipinski definition) is 2. The Balaban J connectivity index is 2.99. The molecule has 0 aliphatic carbocycles. The summed E-state index contributed by atoms with van der Waals surface area (Å²) in [4.78, 5) is 2.12. The lowest BCUT2D eigenvalue weighted by molar-refractivity contribution is 0.402. The summed E-state index contributed by atoms with van der Waals surface area (Å²) in [6, 6.07) is 10.6. The van der Waals surface area contributed by atoms with Gasteiger partial charge in [-0.2, -0.15) is 5.26 Å². The van der Waals surface area contributed by atoms with Crippen molar-refractivity contribution in [3.8, 4) is 6.07 Å². The summed E-state index contributed by atoms with van der Waals surface area (Å²) >= 11 is 0. The van der Waals surface area contributed by atoms with Crippen molar-refractivity contribution in [2.75, 3.05) is 14.1 Å². The molecule has 0 amide bonds. The smallest absolute Gasteiger partial charge is 0.0766 e. The molecule has 1 rings (SSSR count). The molecule has 0 heterocycles. The third-order valence-electron chi connectivity index (χ3n) is 2.43. The van der Waals surface area contributed by atoms with Gasteiger partial charge in [-0.3, -0.25) is 0 Å². The molecule has 2 heteroatoms. The minimum Gasteiger partial charge on any atom is -0.305 e. The summed E-state index contributed by atoms with van der Waals surface area (Å²) in [5.41, 5.74) is 1.94. The van der Waals surface area contributed by atoms with E-state index in [4.69, 9.17) is 5.26 Å². The van der Waals surface area contributed by atoms with Gasteiger partial charge in [-0.15, -0.1) is 0 Å². The van der Waals surface area contributed by atoms with Crippen molar-refractivity contribution in [2.45, 2.75) is 25.8 Å². The molecule has 0 aliphatic rings. The number of rotatable bonds is 3. The average Bonchev–Trinajstić information content (AvgIpc) is 2.17. The Morgan fingerprint density at radius 2 is 2.00 bits per heavy atom. The first kappa shape index (κ1) is 11.7. The summed E-state index contributed by atoms with van der Waals surface area (Å²) in [5, 5.41) is 9.06. The second kappa shape index (κ2) is 4.46. The van der Waals surface area contributed by atoms with Crippen LogP contribution in [-0.2, 0) is 12.0 Å². The van der Waals surface area contributed by atoms with Gasteiger partial charge in [-0.25, -0.2) is 0 Å². The summed E-state index contributed by atoms with van der Waals surface area (Å²) in [7, 11) is 4.09. The molecule has 0 N–H and O–H groups in total. The van der Waals surface area contributed by atoms with Crippen LogP contribution >= 0.6 is 0 Å². The standard InChI is InChI=1S/C13H18N2/c1-13(2,10-14)12-7-5-6-11(8-12)9-15(3)4/h5-8H,9H2,1-4H3. The largest absolute Gasteiger partial charge is 0.305 e. The van der Waals surface area contributed by atoms with E-state index in [-0.39, 0.29) is 0 Å².